The molecule has 2 unspecified atom stereocenters. The van der Waals surface area contributed by atoms with Crippen LogP contribution in [0.25, 0.3) is 0 Å². The molecule has 0 spiro atoms. The Hall–Kier alpha value is -2.86. The first-order chi connectivity index (χ1) is 14.2. The maximum Gasteiger partial charge on any atom is 0.233 e. The predicted molar refractivity (Wildman–Crippen MR) is 110 cm³/mol. The second-order valence-electron chi connectivity index (χ2n) is 7.58. The van der Waals surface area contributed by atoms with Gasteiger partial charge >= 0.3 is 0 Å². The van der Waals surface area contributed by atoms with Gasteiger partial charge in [-0.15, -0.1) is 0 Å². The zero-order chi connectivity index (χ0) is 20.0. The normalized spacial score (nSPS) is 21.0. The molecular formula is C22H21ClN4O2. The van der Waals surface area contributed by atoms with Crippen molar-refractivity contribution in [1.29, 1.82) is 0 Å². The smallest absolute Gasteiger partial charge is 0.233 e. The minimum Gasteiger partial charge on any atom is -0.497 e. The van der Waals surface area contributed by atoms with E-state index in [1.807, 2.05) is 58.1 Å². The second-order valence-corrected chi connectivity index (χ2v) is 8.02. The number of hydrogen-bond acceptors (Lipinski definition) is 4. The summed E-state index contributed by atoms with van der Waals surface area (Å²) in [4.78, 5) is 19.5. The number of methoxy groups -OCH3 is 1. The number of hydrogen-bond donors (Lipinski definition) is 0. The number of carbonyl (C=O) groups is 1. The number of aromatic nitrogens is 3. The number of ether oxygens (including phenoxy) is 1. The lowest BCUT2D eigenvalue weighted by Crippen LogP contribution is -2.43. The van der Waals surface area contributed by atoms with E-state index in [2.05, 4.69) is 10.1 Å². The number of fused-ring (bicyclic) bond motifs is 1. The summed E-state index contributed by atoms with van der Waals surface area (Å²) in [6.07, 6.45) is 4.13. The Morgan fingerprint density at radius 3 is 2.34 bits per heavy atom. The standard InChI is InChI=1S/C22H21ClN4O2/c1-29-18-10-6-15(7-11-18)20-12-19(14-4-8-17(23)9-5-14)26(21(28)16-2-3-16)22-24-13-25-27(20)22/h4-11,13,16,19-20H,2-3,12H2,1H3. The minimum absolute atomic E-state index is 0.0256. The Labute approximate surface area is 174 Å². The third-order valence-corrected chi connectivity index (χ3v) is 5.99. The first-order valence-electron chi connectivity index (χ1n) is 9.77. The number of amides is 1. The van der Waals surface area contributed by atoms with E-state index in [-0.39, 0.29) is 23.9 Å². The molecule has 1 amide bonds. The Balaban J connectivity index is 1.60. The average Bonchev–Trinajstić information content (AvgIpc) is 3.50. The van der Waals surface area contributed by atoms with Crippen LogP contribution < -0.4 is 9.64 Å². The van der Waals surface area contributed by atoms with Gasteiger partial charge in [0.05, 0.1) is 19.2 Å². The van der Waals surface area contributed by atoms with Gasteiger partial charge in [0.1, 0.15) is 12.1 Å². The van der Waals surface area contributed by atoms with Gasteiger partial charge in [-0.3, -0.25) is 9.69 Å². The van der Waals surface area contributed by atoms with E-state index in [1.165, 1.54) is 6.33 Å². The van der Waals surface area contributed by atoms with E-state index in [9.17, 15) is 4.79 Å². The molecule has 2 aromatic carbocycles. The van der Waals surface area contributed by atoms with Crippen LogP contribution in [0.4, 0.5) is 5.95 Å². The van der Waals surface area contributed by atoms with Gasteiger partial charge in [-0.2, -0.15) is 10.1 Å². The highest BCUT2D eigenvalue weighted by Crippen LogP contribution is 2.45. The molecule has 7 heteroatoms. The molecule has 0 radical (unpaired) electrons. The van der Waals surface area contributed by atoms with Crippen molar-refractivity contribution in [2.24, 2.45) is 5.92 Å². The van der Waals surface area contributed by atoms with Crippen LogP contribution in [0.3, 0.4) is 0 Å². The van der Waals surface area contributed by atoms with Gasteiger partial charge in [0.15, 0.2) is 0 Å². The van der Waals surface area contributed by atoms with Crippen LogP contribution in [-0.4, -0.2) is 27.8 Å². The van der Waals surface area contributed by atoms with Crippen molar-refractivity contribution in [1.82, 2.24) is 14.8 Å². The highest BCUT2D eigenvalue weighted by Gasteiger charge is 2.44. The second kappa shape index (κ2) is 7.19. The largest absolute Gasteiger partial charge is 0.497 e. The number of rotatable bonds is 4. The quantitative estimate of drug-likeness (QED) is 0.641. The summed E-state index contributed by atoms with van der Waals surface area (Å²) >= 11 is 6.11. The number of anilines is 1. The number of halogens is 1. The molecule has 2 aliphatic rings. The van der Waals surface area contributed by atoms with E-state index < -0.39 is 0 Å². The Morgan fingerprint density at radius 2 is 1.69 bits per heavy atom. The number of benzene rings is 2. The SMILES string of the molecule is COc1ccc(C2CC(c3ccc(Cl)cc3)N(C(=O)C3CC3)c3ncnn32)cc1. The lowest BCUT2D eigenvalue weighted by Gasteiger charge is -2.39. The van der Waals surface area contributed by atoms with Crippen molar-refractivity contribution < 1.29 is 9.53 Å². The van der Waals surface area contributed by atoms with Crippen LogP contribution in [0, 0.1) is 5.92 Å². The monoisotopic (exact) mass is 408 g/mol. The summed E-state index contributed by atoms with van der Waals surface area (Å²) in [6, 6.07) is 15.6. The fourth-order valence-corrected chi connectivity index (χ4v) is 4.17. The Kier molecular flexibility index (Phi) is 4.51. The molecular weight excluding hydrogens is 388 g/mol. The van der Waals surface area contributed by atoms with Gasteiger partial charge in [-0.1, -0.05) is 35.9 Å². The van der Waals surface area contributed by atoms with Gasteiger partial charge in [0, 0.05) is 10.9 Å². The summed E-state index contributed by atoms with van der Waals surface area (Å²) in [6.45, 7) is 0. The Morgan fingerprint density at radius 1 is 1.03 bits per heavy atom. The summed E-state index contributed by atoms with van der Waals surface area (Å²) in [5.41, 5.74) is 2.16. The summed E-state index contributed by atoms with van der Waals surface area (Å²) in [5.74, 6) is 1.64. The molecule has 0 N–H and O–H groups in total. The van der Waals surface area contributed by atoms with Gasteiger partial charge < -0.3 is 4.74 Å². The van der Waals surface area contributed by atoms with Crippen LogP contribution in [0.15, 0.2) is 54.9 Å². The number of nitrogens with zero attached hydrogens (tertiary/aromatic N) is 4. The molecule has 1 aliphatic carbocycles. The van der Waals surface area contributed by atoms with Crippen LogP contribution in [-0.2, 0) is 4.79 Å². The van der Waals surface area contributed by atoms with E-state index >= 15 is 0 Å². The molecule has 0 saturated heterocycles. The first kappa shape index (κ1) is 18.2. The summed E-state index contributed by atoms with van der Waals surface area (Å²) in [5, 5.41) is 5.15. The van der Waals surface area contributed by atoms with E-state index in [0.29, 0.717) is 17.4 Å². The molecule has 29 heavy (non-hydrogen) atoms. The highest BCUT2D eigenvalue weighted by atomic mass is 35.5. The topological polar surface area (TPSA) is 60.2 Å². The highest BCUT2D eigenvalue weighted by molar-refractivity contribution is 6.30. The Bertz CT molecular complexity index is 1030. The van der Waals surface area contributed by atoms with Crippen molar-refractivity contribution in [3.05, 3.63) is 71.0 Å². The van der Waals surface area contributed by atoms with E-state index in [1.54, 1.807) is 7.11 Å². The van der Waals surface area contributed by atoms with Crippen molar-refractivity contribution in [2.75, 3.05) is 12.0 Å². The van der Waals surface area contributed by atoms with E-state index in [4.69, 9.17) is 16.3 Å². The maximum atomic E-state index is 13.2. The molecule has 0 bridgehead atoms. The third-order valence-electron chi connectivity index (χ3n) is 5.74. The van der Waals surface area contributed by atoms with Crippen molar-refractivity contribution >= 4 is 23.5 Å². The lowest BCUT2D eigenvalue weighted by atomic mass is 9.91. The molecule has 3 aromatic rings. The molecule has 5 rings (SSSR count). The van der Waals surface area contributed by atoms with Crippen LogP contribution in [0.2, 0.25) is 5.02 Å². The molecule has 6 nitrogen and oxygen atoms in total. The number of carbonyl (C=O) groups excluding carboxylic acids is 1. The van der Waals surface area contributed by atoms with Crippen LogP contribution in [0.5, 0.6) is 5.75 Å². The van der Waals surface area contributed by atoms with Gasteiger partial charge in [0.25, 0.3) is 0 Å². The first-order valence-corrected chi connectivity index (χ1v) is 10.2. The minimum atomic E-state index is -0.121. The van der Waals surface area contributed by atoms with Gasteiger partial charge in [-0.05, 0) is 54.7 Å². The summed E-state index contributed by atoms with van der Waals surface area (Å²) < 4.78 is 7.16. The molecule has 1 aromatic heterocycles. The van der Waals surface area contributed by atoms with Gasteiger partial charge in [-0.25, -0.2) is 4.68 Å². The fourth-order valence-electron chi connectivity index (χ4n) is 4.05. The predicted octanol–water partition coefficient (Wildman–Crippen LogP) is 4.42. The third kappa shape index (κ3) is 3.27. The molecule has 148 valence electrons. The maximum absolute atomic E-state index is 13.2. The van der Waals surface area contributed by atoms with Crippen molar-refractivity contribution in [2.45, 2.75) is 31.3 Å². The van der Waals surface area contributed by atoms with Crippen molar-refractivity contribution in [3.8, 4) is 5.75 Å². The molecule has 1 aliphatic heterocycles. The molecule has 1 fully saturated rings. The van der Waals surface area contributed by atoms with E-state index in [0.717, 1.165) is 29.7 Å². The zero-order valence-corrected chi connectivity index (χ0v) is 16.8. The summed E-state index contributed by atoms with van der Waals surface area (Å²) in [7, 11) is 1.66. The fraction of sp³-hybridized carbons (Fsp3) is 0.318. The molecule has 2 atom stereocenters. The van der Waals surface area contributed by atoms with Crippen LogP contribution in [0.1, 0.15) is 42.5 Å². The zero-order valence-electron chi connectivity index (χ0n) is 16.0. The molecule has 1 saturated carbocycles. The van der Waals surface area contributed by atoms with Gasteiger partial charge in [0.2, 0.25) is 11.9 Å². The van der Waals surface area contributed by atoms with Crippen molar-refractivity contribution in [3.63, 3.8) is 0 Å². The average molecular weight is 409 g/mol. The lowest BCUT2D eigenvalue weighted by molar-refractivity contribution is -0.120. The molecule has 2 heterocycles. The van der Waals surface area contributed by atoms with Crippen LogP contribution >= 0.6 is 11.6 Å².